The van der Waals surface area contributed by atoms with Crippen LogP contribution in [0.3, 0.4) is 0 Å². The van der Waals surface area contributed by atoms with E-state index in [2.05, 4.69) is 10.4 Å². The highest BCUT2D eigenvalue weighted by atomic mass is 16.5. The van der Waals surface area contributed by atoms with E-state index in [1.165, 1.54) is 19.1 Å². The monoisotopic (exact) mass is 331 g/mol. The van der Waals surface area contributed by atoms with E-state index in [1.807, 2.05) is 6.92 Å². The molecule has 1 heterocycles. The fraction of sp³-hybridized carbons (Fsp3) is 0.353. The summed E-state index contributed by atoms with van der Waals surface area (Å²) in [6.07, 6.45) is -1.02. The SMILES string of the molecule is Cc1ccc(O)c(C(=O)OC(C)C(=O)Nc2c(C)nn(C)c2C)c1. The largest absolute Gasteiger partial charge is 0.507 e. The smallest absolute Gasteiger partial charge is 0.342 e. The van der Waals surface area contributed by atoms with Crippen LogP contribution in [0.5, 0.6) is 5.75 Å². The molecule has 1 aromatic heterocycles. The molecule has 2 aromatic rings. The lowest BCUT2D eigenvalue weighted by atomic mass is 10.1. The van der Waals surface area contributed by atoms with Crippen molar-refractivity contribution >= 4 is 17.6 Å². The number of hydrogen-bond acceptors (Lipinski definition) is 5. The predicted molar refractivity (Wildman–Crippen MR) is 89.0 cm³/mol. The second kappa shape index (κ2) is 6.74. The maximum absolute atomic E-state index is 12.3. The second-order valence-electron chi connectivity index (χ2n) is 5.73. The number of phenols is 1. The number of esters is 1. The average molecular weight is 331 g/mol. The van der Waals surface area contributed by atoms with Gasteiger partial charge in [-0.3, -0.25) is 9.48 Å². The third-order valence-electron chi connectivity index (χ3n) is 3.78. The zero-order valence-electron chi connectivity index (χ0n) is 14.4. The molecule has 1 atom stereocenters. The molecule has 0 spiro atoms. The van der Waals surface area contributed by atoms with Crippen molar-refractivity contribution < 1.29 is 19.4 Å². The van der Waals surface area contributed by atoms with Crippen LogP contribution in [-0.2, 0) is 16.6 Å². The molecule has 7 nitrogen and oxygen atoms in total. The molecule has 24 heavy (non-hydrogen) atoms. The van der Waals surface area contributed by atoms with Gasteiger partial charge < -0.3 is 15.2 Å². The number of carbonyl (C=O) groups excluding carboxylic acids is 2. The van der Waals surface area contributed by atoms with E-state index in [0.29, 0.717) is 11.4 Å². The maximum atomic E-state index is 12.3. The highest BCUT2D eigenvalue weighted by Gasteiger charge is 2.23. The zero-order valence-corrected chi connectivity index (χ0v) is 14.4. The molecule has 0 saturated carbocycles. The van der Waals surface area contributed by atoms with Gasteiger partial charge in [0.15, 0.2) is 6.10 Å². The normalized spacial score (nSPS) is 11.9. The number of ether oxygens (including phenoxy) is 1. The number of benzene rings is 1. The summed E-state index contributed by atoms with van der Waals surface area (Å²) in [5.74, 6) is -1.40. The minimum atomic E-state index is -1.02. The fourth-order valence-electron chi connectivity index (χ4n) is 2.27. The topological polar surface area (TPSA) is 93.4 Å². The minimum Gasteiger partial charge on any atom is -0.507 e. The molecular formula is C17H21N3O4. The van der Waals surface area contributed by atoms with Crippen LogP contribution in [0, 0.1) is 20.8 Å². The van der Waals surface area contributed by atoms with Gasteiger partial charge in [-0.15, -0.1) is 0 Å². The number of aryl methyl sites for hydroxylation is 3. The Hall–Kier alpha value is -2.83. The van der Waals surface area contributed by atoms with Gasteiger partial charge in [0, 0.05) is 7.05 Å². The van der Waals surface area contributed by atoms with Gasteiger partial charge in [0.05, 0.1) is 17.1 Å². The number of hydrogen-bond donors (Lipinski definition) is 2. The summed E-state index contributed by atoms with van der Waals surface area (Å²) in [7, 11) is 1.78. The van der Waals surface area contributed by atoms with E-state index in [1.54, 1.807) is 31.6 Å². The molecule has 0 radical (unpaired) electrons. The molecule has 1 unspecified atom stereocenters. The van der Waals surface area contributed by atoms with Gasteiger partial charge in [-0.2, -0.15) is 5.10 Å². The van der Waals surface area contributed by atoms with Gasteiger partial charge in [0.25, 0.3) is 5.91 Å². The van der Waals surface area contributed by atoms with Crippen molar-refractivity contribution in [2.24, 2.45) is 7.05 Å². The molecule has 0 saturated heterocycles. The molecule has 2 N–H and O–H groups in total. The highest BCUT2D eigenvalue weighted by Crippen LogP contribution is 2.21. The molecule has 0 fully saturated rings. The molecule has 7 heteroatoms. The second-order valence-corrected chi connectivity index (χ2v) is 5.73. The van der Waals surface area contributed by atoms with Crippen LogP contribution in [-0.4, -0.2) is 32.9 Å². The first-order valence-corrected chi connectivity index (χ1v) is 7.52. The van der Waals surface area contributed by atoms with Crippen molar-refractivity contribution in [3.63, 3.8) is 0 Å². The molecule has 1 amide bonds. The van der Waals surface area contributed by atoms with Crippen molar-refractivity contribution in [3.05, 3.63) is 40.7 Å². The standard InChI is InChI=1S/C17H21N3O4/c1-9-6-7-14(21)13(8-9)17(23)24-12(4)16(22)18-15-10(2)19-20(5)11(15)3/h6-8,12,21H,1-5H3,(H,18,22). The number of aromatic hydroxyl groups is 1. The first kappa shape index (κ1) is 17.5. The van der Waals surface area contributed by atoms with E-state index in [9.17, 15) is 14.7 Å². The molecule has 0 aliphatic heterocycles. The Morgan fingerprint density at radius 3 is 2.54 bits per heavy atom. The number of rotatable bonds is 4. The van der Waals surface area contributed by atoms with Crippen molar-refractivity contribution in [1.29, 1.82) is 0 Å². The molecule has 0 bridgehead atoms. The average Bonchev–Trinajstić information content (AvgIpc) is 2.75. The lowest BCUT2D eigenvalue weighted by Gasteiger charge is -2.14. The maximum Gasteiger partial charge on any atom is 0.342 e. The van der Waals surface area contributed by atoms with Crippen LogP contribution in [0.1, 0.15) is 34.2 Å². The number of aromatic nitrogens is 2. The summed E-state index contributed by atoms with van der Waals surface area (Å²) >= 11 is 0. The van der Waals surface area contributed by atoms with E-state index in [4.69, 9.17) is 4.74 Å². The van der Waals surface area contributed by atoms with Gasteiger partial charge in [-0.25, -0.2) is 4.79 Å². The summed E-state index contributed by atoms with van der Waals surface area (Å²) < 4.78 is 6.81. The summed E-state index contributed by atoms with van der Waals surface area (Å²) in [4.78, 5) is 24.4. The van der Waals surface area contributed by atoms with Crippen molar-refractivity contribution in [2.45, 2.75) is 33.8 Å². The van der Waals surface area contributed by atoms with E-state index in [-0.39, 0.29) is 11.3 Å². The molecule has 2 rings (SSSR count). The van der Waals surface area contributed by atoms with Crippen LogP contribution >= 0.6 is 0 Å². The predicted octanol–water partition coefficient (Wildman–Crippen LogP) is 2.23. The Morgan fingerprint density at radius 1 is 1.29 bits per heavy atom. The van der Waals surface area contributed by atoms with Gasteiger partial charge in [-0.1, -0.05) is 11.6 Å². The fourth-order valence-corrected chi connectivity index (χ4v) is 2.27. The van der Waals surface area contributed by atoms with Crippen LogP contribution in [0.4, 0.5) is 5.69 Å². The molecule has 0 aliphatic rings. The van der Waals surface area contributed by atoms with Gasteiger partial charge in [-0.05, 0) is 39.8 Å². The summed E-state index contributed by atoms with van der Waals surface area (Å²) in [5.41, 5.74) is 2.92. The van der Waals surface area contributed by atoms with E-state index in [0.717, 1.165) is 11.3 Å². The van der Waals surface area contributed by atoms with Gasteiger partial charge in [0.1, 0.15) is 11.3 Å². The zero-order chi connectivity index (χ0) is 18.0. The summed E-state index contributed by atoms with van der Waals surface area (Å²) in [6.45, 7) is 6.88. The third kappa shape index (κ3) is 3.56. The van der Waals surface area contributed by atoms with E-state index >= 15 is 0 Å². The lowest BCUT2D eigenvalue weighted by molar-refractivity contribution is -0.123. The molecular weight excluding hydrogens is 310 g/mol. The van der Waals surface area contributed by atoms with Crippen molar-refractivity contribution in [1.82, 2.24) is 9.78 Å². The third-order valence-corrected chi connectivity index (χ3v) is 3.78. The van der Waals surface area contributed by atoms with Crippen molar-refractivity contribution in [3.8, 4) is 5.75 Å². The first-order valence-electron chi connectivity index (χ1n) is 7.52. The van der Waals surface area contributed by atoms with Gasteiger partial charge >= 0.3 is 5.97 Å². The molecule has 1 aromatic carbocycles. The number of phenolic OH excluding ortho intramolecular Hbond substituents is 1. The summed E-state index contributed by atoms with van der Waals surface area (Å²) in [5, 5.41) is 16.7. The number of nitrogens with zero attached hydrogens (tertiary/aromatic N) is 2. The summed E-state index contributed by atoms with van der Waals surface area (Å²) in [6, 6.07) is 4.60. The first-order chi connectivity index (χ1) is 11.2. The Labute approximate surface area is 140 Å². The molecule has 0 aliphatic carbocycles. The Bertz CT molecular complexity index is 795. The number of nitrogens with one attached hydrogen (secondary N) is 1. The quantitative estimate of drug-likeness (QED) is 0.838. The Balaban J connectivity index is 2.08. The Kier molecular flexibility index (Phi) is 4.92. The van der Waals surface area contributed by atoms with Gasteiger partial charge in [0.2, 0.25) is 0 Å². The van der Waals surface area contributed by atoms with Crippen LogP contribution in [0.25, 0.3) is 0 Å². The lowest BCUT2D eigenvalue weighted by Crippen LogP contribution is -2.30. The number of amides is 1. The minimum absolute atomic E-state index is 0.0309. The Morgan fingerprint density at radius 2 is 1.96 bits per heavy atom. The van der Waals surface area contributed by atoms with Crippen LogP contribution in [0.2, 0.25) is 0 Å². The van der Waals surface area contributed by atoms with Crippen LogP contribution < -0.4 is 5.32 Å². The number of anilines is 1. The highest BCUT2D eigenvalue weighted by molar-refractivity contribution is 5.98. The molecule has 128 valence electrons. The van der Waals surface area contributed by atoms with Crippen LogP contribution in [0.15, 0.2) is 18.2 Å². The van der Waals surface area contributed by atoms with Crippen molar-refractivity contribution in [2.75, 3.05) is 5.32 Å². The number of carbonyl (C=O) groups is 2. The van der Waals surface area contributed by atoms with E-state index < -0.39 is 18.0 Å².